The normalized spacial score (nSPS) is 9.69. The Hall–Kier alpha value is -1.49. The summed E-state index contributed by atoms with van der Waals surface area (Å²) in [4.78, 5) is 19.1. The summed E-state index contributed by atoms with van der Waals surface area (Å²) in [5.41, 5.74) is 5.69. The van der Waals surface area contributed by atoms with E-state index in [1.807, 2.05) is 0 Å². The van der Waals surface area contributed by atoms with Crippen molar-refractivity contribution < 1.29 is 4.79 Å². The number of nitrogens with two attached hydrogens (primary N) is 1. The van der Waals surface area contributed by atoms with Crippen molar-refractivity contribution in [3.05, 3.63) is 23.8 Å². The van der Waals surface area contributed by atoms with E-state index in [2.05, 4.69) is 15.3 Å². The van der Waals surface area contributed by atoms with Gasteiger partial charge in [-0.25, -0.2) is 9.97 Å². The van der Waals surface area contributed by atoms with Gasteiger partial charge in [-0.3, -0.25) is 4.79 Å². The zero-order valence-corrected chi connectivity index (χ0v) is 7.45. The first-order chi connectivity index (χ1) is 6.24. The maximum Gasteiger partial charge on any atom is 0.254 e. The van der Waals surface area contributed by atoms with E-state index in [9.17, 15) is 4.79 Å². The quantitative estimate of drug-likeness (QED) is 0.655. The minimum Gasteiger partial charge on any atom is -0.351 e. The third-order valence-electron chi connectivity index (χ3n) is 1.47. The van der Waals surface area contributed by atoms with Crippen molar-refractivity contribution >= 4 is 5.91 Å². The first kappa shape index (κ1) is 9.60. The second kappa shape index (κ2) is 4.51. The number of rotatable bonds is 3. The molecule has 0 fully saturated rings. The highest BCUT2D eigenvalue weighted by molar-refractivity contribution is 5.93. The number of hydrogen-bond acceptors (Lipinski definition) is 4. The first-order valence-corrected chi connectivity index (χ1v) is 4.01. The lowest BCUT2D eigenvalue weighted by Crippen LogP contribution is -2.29. The van der Waals surface area contributed by atoms with Gasteiger partial charge in [-0.1, -0.05) is 0 Å². The zero-order valence-electron chi connectivity index (χ0n) is 7.45. The summed E-state index contributed by atoms with van der Waals surface area (Å²) in [7, 11) is 0. The number of hydrogen-bond donors (Lipinski definition) is 2. The summed E-state index contributed by atoms with van der Waals surface area (Å²) in [6, 6.07) is 0. The summed E-state index contributed by atoms with van der Waals surface area (Å²) in [6.07, 6.45) is 2.99. The van der Waals surface area contributed by atoms with Crippen LogP contribution in [0.3, 0.4) is 0 Å². The minimum absolute atomic E-state index is 0.189. The van der Waals surface area contributed by atoms with Gasteiger partial charge >= 0.3 is 0 Å². The molecule has 1 aromatic heterocycles. The molecule has 5 nitrogen and oxygen atoms in total. The molecule has 1 rings (SSSR count). The standard InChI is InChI=1S/C8H12N4O/c1-6-11-4-7(5-12-6)8(13)10-3-2-9/h4-5H,2-3,9H2,1H3,(H,10,13). The fourth-order valence-corrected chi connectivity index (χ4v) is 0.798. The van der Waals surface area contributed by atoms with E-state index in [4.69, 9.17) is 5.73 Å². The molecule has 0 radical (unpaired) electrons. The Morgan fingerprint density at radius 1 is 1.54 bits per heavy atom. The van der Waals surface area contributed by atoms with Crippen LogP contribution in [-0.4, -0.2) is 29.0 Å². The van der Waals surface area contributed by atoms with Gasteiger partial charge < -0.3 is 11.1 Å². The number of carbonyl (C=O) groups is 1. The van der Waals surface area contributed by atoms with E-state index < -0.39 is 0 Å². The average Bonchev–Trinajstić information content (AvgIpc) is 2.15. The van der Waals surface area contributed by atoms with E-state index in [1.165, 1.54) is 12.4 Å². The molecule has 13 heavy (non-hydrogen) atoms. The van der Waals surface area contributed by atoms with E-state index >= 15 is 0 Å². The first-order valence-electron chi connectivity index (χ1n) is 4.01. The highest BCUT2D eigenvalue weighted by Crippen LogP contribution is 1.94. The molecule has 0 aromatic carbocycles. The van der Waals surface area contributed by atoms with Crippen molar-refractivity contribution in [1.82, 2.24) is 15.3 Å². The Morgan fingerprint density at radius 3 is 2.69 bits per heavy atom. The molecule has 5 heteroatoms. The Labute approximate surface area is 76.4 Å². The molecule has 70 valence electrons. The molecule has 0 aliphatic rings. The number of aryl methyl sites for hydroxylation is 1. The number of nitrogens with zero attached hydrogens (tertiary/aromatic N) is 2. The summed E-state index contributed by atoms with van der Waals surface area (Å²) in [5, 5.41) is 2.62. The molecule has 0 aliphatic heterocycles. The Kier molecular flexibility index (Phi) is 3.33. The van der Waals surface area contributed by atoms with E-state index in [0.29, 0.717) is 24.5 Å². The number of nitrogens with one attached hydrogen (secondary N) is 1. The fourth-order valence-electron chi connectivity index (χ4n) is 0.798. The van der Waals surface area contributed by atoms with Gasteiger partial charge in [0.15, 0.2) is 0 Å². The number of amides is 1. The molecule has 1 amide bonds. The lowest BCUT2D eigenvalue weighted by molar-refractivity contribution is 0.0954. The Morgan fingerprint density at radius 2 is 2.15 bits per heavy atom. The van der Waals surface area contributed by atoms with Crippen molar-refractivity contribution in [3.8, 4) is 0 Å². The molecule has 0 bridgehead atoms. The monoisotopic (exact) mass is 180 g/mol. The largest absolute Gasteiger partial charge is 0.351 e. The third-order valence-corrected chi connectivity index (χ3v) is 1.47. The maximum atomic E-state index is 11.3. The van der Waals surface area contributed by atoms with Crippen LogP contribution in [-0.2, 0) is 0 Å². The van der Waals surface area contributed by atoms with Crippen molar-refractivity contribution in [2.45, 2.75) is 6.92 Å². The van der Waals surface area contributed by atoms with Gasteiger partial charge in [0.1, 0.15) is 5.82 Å². The Balaban J connectivity index is 2.61. The topological polar surface area (TPSA) is 80.9 Å². The molecule has 0 atom stereocenters. The van der Waals surface area contributed by atoms with Crippen LogP contribution in [0.2, 0.25) is 0 Å². The van der Waals surface area contributed by atoms with Crippen LogP contribution in [0.5, 0.6) is 0 Å². The minimum atomic E-state index is -0.189. The molecule has 0 unspecified atom stereocenters. The van der Waals surface area contributed by atoms with Crippen molar-refractivity contribution in [2.75, 3.05) is 13.1 Å². The SMILES string of the molecule is Cc1ncc(C(=O)NCCN)cn1. The molecule has 0 spiro atoms. The van der Waals surface area contributed by atoms with Gasteiger partial charge in [0.25, 0.3) is 5.91 Å². The average molecular weight is 180 g/mol. The van der Waals surface area contributed by atoms with Gasteiger partial charge in [0, 0.05) is 25.5 Å². The second-order valence-electron chi connectivity index (χ2n) is 2.56. The van der Waals surface area contributed by atoms with Gasteiger partial charge in [0.05, 0.1) is 5.56 Å². The molecular formula is C8H12N4O. The summed E-state index contributed by atoms with van der Waals surface area (Å²) < 4.78 is 0. The van der Waals surface area contributed by atoms with Gasteiger partial charge in [-0.15, -0.1) is 0 Å². The van der Waals surface area contributed by atoms with E-state index in [1.54, 1.807) is 6.92 Å². The molecule has 0 saturated heterocycles. The lowest BCUT2D eigenvalue weighted by Gasteiger charge is -2.01. The molecular weight excluding hydrogens is 168 g/mol. The van der Waals surface area contributed by atoms with Gasteiger partial charge in [0.2, 0.25) is 0 Å². The molecule has 0 aliphatic carbocycles. The molecule has 3 N–H and O–H groups in total. The smallest absolute Gasteiger partial charge is 0.254 e. The number of carbonyl (C=O) groups excluding carboxylic acids is 1. The third kappa shape index (κ3) is 2.79. The summed E-state index contributed by atoms with van der Waals surface area (Å²) in [5.74, 6) is 0.459. The van der Waals surface area contributed by atoms with Crippen LogP contribution in [0.15, 0.2) is 12.4 Å². The van der Waals surface area contributed by atoms with Crippen LogP contribution < -0.4 is 11.1 Å². The van der Waals surface area contributed by atoms with E-state index in [-0.39, 0.29) is 5.91 Å². The van der Waals surface area contributed by atoms with Crippen molar-refractivity contribution in [1.29, 1.82) is 0 Å². The van der Waals surface area contributed by atoms with Crippen LogP contribution in [0.4, 0.5) is 0 Å². The fraction of sp³-hybridized carbons (Fsp3) is 0.375. The maximum absolute atomic E-state index is 11.3. The van der Waals surface area contributed by atoms with Crippen LogP contribution in [0.1, 0.15) is 16.2 Å². The number of aromatic nitrogens is 2. The zero-order chi connectivity index (χ0) is 9.68. The molecule has 1 aromatic rings. The highest BCUT2D eigenvalue weighted by atomic mass is 16.1. The predicted molar refractivity (Wildman–Crippen MR) is 48.2 cm³/mol. The Bertz CT molecular complexity index is 283. The molecule has 0 saturated carbocycles. The van der Waals surface area contributed by atoms with E-state index in [0.717, 1.165) is 0 Å². The van der Waals surface area contributed by atoms with Crippen molar-refractivity contribution in [2.24, 2.45) is 5.73 Å². The summed E-state index contributed by atoms with van der Waals surface area (Å²) >= 11 is 0. The summed E-state index contributed by atoms with van der Waals surface area (Å²) in [6.45, 7) is 2.66. The van der Waals surface area contributed by atoms with Crippen LogP contribution >= 0.6 is 0 Å². The second-order valence-corrected chi connectivity index (χ2v) is 2.56. The lowest BCUT2D eigenvalue weighted by atomic mass is 10.3. The van der Waals surface area contributed by atoms with Gasteiger partial charge in [-0.05, 0) is 6.92 Å². The van der Waals surface area contributed by atoms with Crippen molar-refractivity contribution in [3.63, 3.8) is 0 Å². The van der Waals surface area contributed by atoms with Gasteiger partial charge in [-0.2, -0.15) is 0 Å². The predicted octanol–water partition coefficient (Wildman–Crippen LogP) is -0.526. The molecule has 1 heterocycles. The van der Waals surface area contributed by atoms with Crippen LogP contribution in [0, 0.1) is 6.92 Å². The highest BCUT2D eigenvalue weighted by Gasteiger charge is 2.03. The van der Waals surface area contributed by atoms with Crippen LogP contribution in [0.25, 0.3) is 0 Å².